The van der Waals surface area contributed by atoms with Gasteiger partial charge in [-0.1, -0.05) is 23.7 Å². The van der Waals surface area contributed by atoms with Gasteiger partial charge in [-0.05, 0) is 29.8 Å². The average molecular weight is 395 g/mol. The Morgan fingerprint density at radius 2 is 1.96 bits per heavy atom. The van der Waals surface area contributed by atoms with E-state index in [-0.39, 0.29) is 11.7 Å². The number of fused-ring (bicyclic) bond motifs is 1. The number of furan rings is 1. The van der Waals surface area contributed by atoms with Crippen molar-refractivity contribution in [3.05, 3.63) is 76.6 Å². The molecule has 0 bridgehead atoms. The van der Waals surface area contributed by atoms with Crippen molar-refractivity contribution in [2.75, 3.05) is 5.32 Å². The molecule has 0 amide bonds. The molecular formula is C17H10ClF3N4O2. The second-order valence-electron chi connectivity index (χ2n) is 5.70. The first-order chi connectivity index (χ1) is 12.9. The maximum Gasteiger partial charge on any atom is 0.431 e. The number of aromatic nitrogens is 3. The van der Waals surface area contributed by atoms with Crippen LogP contribution in [0.15, 0.2) is 64.7 Å². The van der Waals surface area contributed by atoms with Crippen LogP contribution in [-0.4, -0.2) is 26.7 Å². The summed E-state index contributed by atoms with van der Waals surface area (Å²) in [6.45, 7) is 0. The van der Waals surface area contributed by atoms with Crippen LogP contribution in [0.4, 0.5) is 19.1 Å². The minimum absolute atomic E-state index is 0.127. The largest absolute Gasteiger partial charge is 0.461 e. The number of anilines is 1. The lowest BCUT2D eigenvalue weighted by Crippen LogP contribution is -2.35. The number of benzene rings is 1. The Hall–Kier alpha value is -3.07. The van der Waals surface area contributed by atoms with E-state index >= 15 is 0 Å². The maximum atomic E-state index is 13.8. The lowest BCUT2D eigenvalue weighted by atomic mass is 9.91. The van der Waals surface area contributed by atoms with Gasteiger partial charge in [-0.3, -0.25) is 4.79 Å². The summed E-state index contributed by atoms with van der Waals surface area (Å²) in [5.41, 5.74) is -1.36. The molecule has 0 aliphatic carbocycles. The van der Waals surface area contributed by atoms with Crippen molar-refractivity contribution < 1.29 is 22.4 Å². The summed E-state index contributed by atoms with van der Waals surface area (Å²) in [6, 6.07) is 7.69. The van der Waals surface area contributed by atoms with Crippen LogP contribution in [0.2, 0.25) is 5.02 Å². The van der Waals surface area contributed by atoms with Crippen molar-refractivity contribution in [1.29, 1.82) is 0 Å². The van der Waals surface area contributed by atoms with Crippen LogP contribution in [-0.2, 0) is 0 Å². The van der Waals surface area contributed by atoms with Crippen LogP contribution >= 0.6 is 11.6 Å². The molecule has 138 valence electrons. The van der Waals surface area contributed by atoms with Crippen molar-refractivity contribution in [3.63, 3.8) is 0 Å². The lowest BCUT2D eigenvalue weighted by molar-refractivity contribution is -0.0918. The van der Waals surface area contributed by atoms with E-state index in [9.17, 15) is 18.0 Å². The molecule has 2 aromatic heterocycles. The quantitative estimate of drug-likeness (QED) is 0.673. The fourth-order valence-corrected chi connectivity index (χ4v) is 3.05. The standard InChI is InChI=1S/C17H10ClF3N4O2/c18-10-5-3-9(4-6-10)13-12(14(26)11-2-1-7-27-11)15(17(19,20)21)24-16-22-8-23-25(13)16/h1-8,13H,(H,22,23,24)/t13-/m1/s1. The van der Waals surface area contributed by atoms with Gasteiger partial charge in [0, 0.05) is 5.02 Å². The van der Waals surface area contributed by atoms with E-state index < -0.39 is 29.3 Å². The van der Waals surface area contributed by atoms with Crippen molar-refractivity contribution >= 4 is 23.3 Å². The summed E-state index contributed by atoms with van der Waals surface area (Å²) in [5.74, 6) is -1.24. The number of nitrogens with zero attached hydrogens (tertiary/aromatic N) is 3. The summed E-state index contributed by atoms with van der Waals surface area (Å²) in [4.78, 5) is 16.7. The fraction of sp³-hybridized carbons (Fsp3) is 0.118. The maximum absolute atomic E-state index is 13.8. The number of ketones is 1. The Bertz CT molecular complexity index is 1020. The van der Waals surface area contributed by atoms with Gasteiger partial charge in [0.2, 0.25) is 11.7 Å². The summed E-state index contributed by atoms with van der Waals surface area (Å²) < 4.78 is 47.5. The molecule has 6 nitrogen and oxygen atoms in total. The van der Waals surface area contributed by atoms with E-state index in [2.05, 4.69) is 15.4 Å². The molecule has 3 aromatic rings. The molecule has 27 heavy (non-hydrogen) atoms. The molecule has 0 unspecified atom stereocenters. The number of carbonyl (C=O) groups excluding carboxylic acids is 1. The highest BCUT2D eigenvalue weighted by molar-refractivity contribution is 6.30. The first-order valence-electron chi connectivity index (χ1n) is 7.68. The molecule has 1 N–H and O–H groups in total. The zero-order valence-electron chi connectivity index (χ0n) is 13.4. The Morgan fingerprint density at radius 3 is 2.59 bits per heavy atom. The third-order valence-electron chi connectivity index (χ3n) is 4.06. The van der Waals surface area contributed by atoms with Crippen molar-refractivity contribution in [2.24, 2.45) is 0 Å². The third kappa shape index (κ3) is 2.99. The molecule has 1 aliphatic rings. The fourth-order valence-electron chi connectivity index (χ4n) is 2.92. The first-order valence-corrected chi connectivity index (χ1v) is 8.05. The molecule has 0 saturated heterocycles. The Kier molecular flexibility index (Phi) is 4.03. The highest BCUT2D eigenvalue weighted by Gasteiger charge is 2.46. The van der Waals surface area contributed by atoms with Crippen LogP contribution in [0.3, 0.4) is 0 Å². The van der Waals surface area contributed by atoms with Crippen molar-refractivity contribution in [3.8, 4) is 0 Å². The van der Waals surface area contributed by atoms with Crippen molar-refractivity contribution in [1.82, 2.24) is 14.8 Å². The number of carbonyl (C=O) groups is 1. The Morgan fingerprint density at radius 1 is 1.22 bits per heavy atom. The van der Waals surface area contributed by atoms with Gasteiger partial charge in [0.15, 0.2) is 5.76 Å². The van der Waals surface area contributed by atoms with Crippen molar-refractivity contribution in [2.45, 2.75) is 12.2 Å². The van der Waals surface area contributed by atoms with Crippen LogP contribution in [0, 0.1) is 0 Å². The Balaban J connectivity index is 1.97. The molecule has 0 fully saturated rings. The van der Waals surface area contributed by atoms with Gasteiger partial charge in [0.05, 0.1) is 11.8 Å². The van der Waals surface area contributed by atoms with Crippen LogP contribution in [0.1, 0.15) is 22.2 Å². The zero-order valence-corrected chi connectivity index (χ0v) is 14.1. The normalized spacial score (nSPS) is 16.8. The lowest BCUT2D eigenvalue weighted by Gasteiger charge is -2.30. The molecule has 0 radical (unpaired) electrons. The summed E-state index contributed by atoms with van der Waals surface area (Å²) in [5, 5.41) is 6.58. The minimum Gasteiger partial charge on any atom is -0.461 e. The number of rotatable bonds is 3. The number of alkyl halides is 3. The highest BCUT2D eigenvalue weighted by atomic mass is 35.5. The number of allylic oxidation sites excluding steroid dienone is 2. The molecule has 10 heteroatoms. The third-order valence-corrected chi connectivity index (χ3v) is 4.31. The van der Waals surface area contributed by atoms with Crippen LogP contribution in [0.5, 0.6) is 0 Å². The first kappa shape index (κ1) is 17.3. The number of hydrogen-bond donors (Lipinski definition) is 1. The molecule has 4 rings (SSSR count). The second kappa shape index (κ2) is 6.27. The van der Waals surface area contributed by atoms with Gasteiger partial charge in [-0.2, -0.15) is 23.3 Å². The molecule has 0 spiro atoms. The Labute approximate surface area is 155 Å². The van der Waals surface area contributed by atoms with Gasteiger partial charge in [-0.15, -0.1) is 0 Å². The SMILES string of the molecule is O=C(C1=C(C(F)(F)F)Nc2ncnn2[C@@H]1c1ccc(Cl)cc1)c1ccco1. The number of Topliss-reactive ketones (excluding diaryl/α,β-unsaturated/α-hetero) is 1. The number of halogens is 4. The van der Waals surface area contributed by atoms with E-state index in [0.717, 1.165) is 6.33 Å². The van der Waals surface area contributed by atoms with Crippen LogP contribution in [0.25, 0.3) is 0 Å². The van der Waals surface area contributed by atoms with Crippen LogP contribution < -0.4 is 5.32 Å². The monoisotopic (exact) mass is 394 g/mol. The van der Waals surface area contributed by atoms with E-state index in [0.29, 0.717) is 10.6 Å². The predicted octanol–water partition coefficient (Wildman–Crippen LogP) is 4.24. The zero-order chi connectivity index (χ0) is 19.2. The number of hydrogen-bond acceptors (Lipinski definition) is 5. The van der Waals surface area contributed by atoms with Gasteiger partial charge in [0.25, 0.3) is 0 Å². The molecule has 1 aliphatic heterocycles. The summed E-state index contributed by atoms with van der Waals surface area (Å²) in [6.07, 6.45) is -2.49. The van der Waals surface area contributed by atoms with Gasteiger partial charge < -0.3 is 9.73 Å². The van der Waals surface area contributed by atoms with Gasteiger partial charge >= 0.3 is 6.18 Å². The van der Waals surface area contributed by atoms with Gasteiger partial charge in [0.1, 0.15) is 18.1 Å². The predicted molar refractivity (Wildman–Crippen MR) is 89.4 cm³/mol. The van der Waals surface area contributed by atoms with E-state index in [1.54, 1.807) is 0 Å². The molecular weight excluding hydrogens is 385 g/mol. The molecule has 0 saturated carbocycles. The molecule has 3 heterocycles. The highest BCUT2D eigenvalue weighted by Crippen LogP contribution is 2.42. The van der Waals surface area contributed by atoms with Gasteiger partial charge in [-0.25, -0.2) is 4.68 Å². The molecule has 1 atom stereocenters. The smallest absolute Gasteiger partial charge is 0.431 e. The minimum atomic E-state index is -4.82. The number of nitrogens with one attached hydrogen (secondary N) is 1. The summed E-state index contributed by atoms with van der Waals surface area (Å²) >= 11 is 5.89. The molecule has 1 aromatic carbocycles. The second-order valence-corrected chi connectivity index (χ2v) is 6.14. The van der Waals surface area contributed by atoms with E-state index in [1.807, 2.05) is 0 Å². The van der Waals surface area contributed by atoms with E-state index in [1.165, 1.54) is 47.3 Å². The average Bonchev–Trinajstić information content (AvgIpc) is 3.31. The van der Waals surface area contributed by atoms with E-state index in [4.69, 9.17) is 16.0 Å². The topological polar surface area (TPSA) is 73.0 Å². The summed E-state index contributed by atoms with van der Waals surface area (Å²) in [7, 11) is 0.